The topological polar surface area (TPSA) is 58.1 Å². The number of aromatic nitrogens is 2. The van der Waals surface area contributed by atoms with Crippen LogP contribution in [0.3, 0.4) is 0 Å². The number of fused-ring (bicyclic) bond motifs is 1. The van der Waals surface area contributed by atoms with Crippen molar-refractivity contribution < 1.29 is 9.18 Å². The number of amides is 1. The lowest BCUT2D eigenvalue weighted by Crippen LogP contribution is -2.29. The van der Waals surface area contributed by atoms with Crippen molar-refractivity contribution in [2.75, 3.05) is 23.3 Å². The molecule has 1 aromatic carbocycles. The van der Waals surface area contributed by atoms with E-state index in [2.05, 4.69) is 20.2 Å². The minimum Gasteiger partial charge on any atom is -0.370 e. The number of aryl methyl sites for hydroxylation is 1. The number of hydrogen-bond acceptors (Lipinski definition) is 4. The summed E-state index contributed by atoms with van der Waals surface area (Å²) in [5.74, 6) is -0.117. The standard InChI is InChI=1S/C21H21FN4O/c1-14-18(11-15-5-6-16(22)12-19(15)24-14)21(27)25-20-8-7-17(13-23-20)26-9-3-2-4-10-26/h5-8,11-13H,2-4,9-10H2,1H3,(H,23,25,27). The van der Waals surface area contributed by atoms with Crippen LogP contribution in [0.25, 0.3) is 10.9 Å². The van der Waals surface area contributed by atoms with Gasteiger partial charge in [-0.05, 0) is 56.5 Å². The highest BCUT2D eigenvalue weighted by Crippen LogP contribution is 2.21. The first kappa shape index (κ1) is 17.4. The number of nitrogens with one attached hydrogen (secondary N) is 1. The number of carbonyl (C=O) groups excluding carboxylic acids is 1. The van der Waals surface area contributed by atoms with Crippen LogP contribution in [0.15, 0.2) is 42.6 Å². The Kier molecular flexibility index (Phi) is 4.71. The summed E-state index contributed by atoms with van der Waals surface area (Å²) < 4.78 is 13.4. The Labute approximate surface area is 157 Å². The average Bonchev–Trinajstić information content (AvgIpc) is 2.68. The van der Waals surface area contributed by atoms with Crippen LogP contribution in [0.2, 0.25) is 0 Å². The van der Waals surface area contributed by atoms with E-state index >= 15 is 0 Å². The van der Waals surface area contributed by atoms with Gasteiger partial charge in [0.1, 0.15) is 11.6 Å². The Morgan fingerprint density at radius 1 is 1.11 bits per heavy atom. The molecule has 138 valence electrons. The maximum absolute atomic E-state index is 13.4. The van der Waals surface area contributed by atoms with Crippen molar-refractivity contribution >= 4 is 28.3 Å². The predicted molar refractivity (Wildman–Crippen MR) is 105 cm³/mol. The number of rotatable bonds is 3. The second-order valence-electron chi connectivity index (χ2n) is 6.86. The minimum atomic E-state index is -0.343. The molecule has 3 heterocycles. The number of anilines is 2. The number of pyridine rings is 2. The molecule has 6 heteroatoms. The fourth-order valence-corrected chi connectivity index (χ4v) is 3.45. The van der Waals surface area contributed by atoms with E-state index in [0.717, 1.165) is 24.2 Å². The molecule has 1 saturated heterocycles. The molecule has 0 bridgehead atoms. The summed E-state index contributed by atoms with van der Waals surface area (Å²) in [6.45, 7) is 3.85. The van der Waals surface area contributed by atoms with Gasteiger partial charge in [-0.15, -0.1) is 0 Å². The highest BCUT2D eigenvalue weighted by atomic mass is 19.1. The van der Waals surface area contributed by atoms with Gasteiger partial charge in [-0.3, -0.25) is 9.78 Å². The first-order valence-electron chi connectivity index (χ1n) is 9.19. The molecule has 3 aromatic rings. The van der Waals surface area contributed by atoms with Crippen molar-refractivity contribution in [3.63, 3.8) is 0 Å². The molecule has 1 aliphatic heterocycles. The number of halogens is 1. The number of benzene rings is 1. The second-order valence-corrected chi connectivity index (χ2v) is 6.86. The summed E-state index contributed by atoms with van der Waals surface area (Å²) in [5, 5.41) is 3.55. The van der Waals surface area contributed by atoms with Gasteiger partial charge in [0.15, 0.2) is 0 Å². The zero-order valence-electron chi connectivity index (χ0n) is 15.2. The fourth-order valence-electron chi connectivity index (χ4n) is 3.45. The summed E-state index contributed by atoms with van der Waals surface area (Å²) in [4.78, 5) is 23.7. The normalized spacial score (nSPS) is 14.4. The van der Waals surface area contributed by atoms with Crippen molar-refractivity contribution in [1.29, 1.82) is 0 Å². The highest BCUT2D eigenvalue weighted by molar-refractivity contribution is 6.06. The maximum atomic E-state index is 13.4. The smallest absolute Gasteiger partial charge is 0.258 e. The molecular formula is C21H21FN4O. The fraction of sp³-hybridized carbons (Fsp3) is 0.286. The molecule has 5 nitrogen and oxygen atoms in total. The van der Waals surface area contributed by atoms with E-state index in [-0.39, 0.29) is 11.7 Å². The van der Waals surface area contributed by atoms with Crippen LogP contribution in [0.5, 0.6) is 0 Å². The van der Waals surface area contributed by atoms with Crippen LogP contribution in [-0.2, 0) is 0 Å². The van der Waals surface area contributed by atoms with Crippen molar-refractivity contribution in [3.8, 4) is 0 Å². The van der Waals surface area contributed by atoms with E-state index < -0.39 is 0 Å². The Bertz CT molecular complexity index is 981. The Hall–Kier alpha value is -3.02. The van der Waals surface area contributed by atoms with Gasteiger partial charge in [-0.1, -0.05) is 0 Å². The van der Waals surface area contributed by atoms with Crippen LogP contribution >= 0.6 is 0 Å². The third-order valence-corrected chi connectivity index (χ3v) is 4.93. The average molecular weight is 364 g/mol. The quantitative estimate of drug-likeness (QED) is 0.752. The van der Waals surface area contributed by atoms with Gasteiger partial charge in [-0.2, -0.15) is 0 Å². The lowest BCUT2D eigenvalue weighted by atomic mass is 10.1. The second kappa shape index (κ2) is 7.31. The zero-order chi connectivity index (χ0) is 18.8. The molecule has 0 atom stereocenters. The molecule has 1 aliphatic rings. The third kappa shape index (κ3) is 3.74. The van der Waals surface area contributed by atoms with E-state index in [4.69, 9.17) is 0 Å². The Balaban J connectivity index is 1.52. The monoisotopic (exact) mass is 364 g/mol. The summed E-state index contributed by atoms with van der Waals surface area (Å²) in [5.41, 5.74) is 2.62. The van der Waals surface area contributed by atoms with Gasteiger partial charge in [0.25, 0.3) is 5.91 Å². The Morgan fingerprint density at radius 2 is 1.93 bits per heavy atom. The molecule has 0 radical (unpaired) electrons. The largest absolute Gasteiger partial charge is 0.370 e. The van der Waals surface area contributed by atoms with Crippen LogP contribution in [0.4, 0.5) is 15.9 Å². The van der Waals surface area contributed by atoms with Crippen molar-refractivity contribution in [1.82, 2.24) is 9.97 Å². The van der Waals surface area contributed by atoms with Gasteiger partial charge in [0.2, 0.25) is 0 Å². The summed E-state index contributed by atoms with van der Waals surface area (Å²) in [7, 11) is 0. The Morgan fingerprint density at radius 3 is 2.67 bits per heavy atom. The number of nitrogens with zero attached hydrogens (tertiary/aromatic N) is 3. The van der Waals surface area contributed by atoms with E-state index in [9.17, 15) is 9.18 Å². The van der Waals surface area contributed by atoms with E-state index in [1.807, 2.05) is 12.1 Å². The first-order chi connectivity index (χ1) is 13.1. The molecule has 1 N–H and O–H groups in total. The molecule has 2 aromatic heterocycles. The lowest BCUT2D eigenvalue weighted by molar-refractivity contribution is 0.102. The molecule has 0 unspecified atom stereocenters. The molecule has 4 rings (SSSR count). The molecule has 0 spiro atoms. The first-order valence-corrected chi connectivity index (χ1v) is 9.19. The maximum Gasteiger partial charge on any atom is 0.258 e. The van der Waals surface area contributed by atoms with Gasteiger partial charge in [-0.25, -0.2) is 9.37 Å². The SMILES string of the molecule is Cc1nc2cc(F)ccc2cc1C(=O)Nc1ccc(N2CCCCC2)cn1. The lowest BCUT2D eigenvalue weighted by Gasteiger charge is -2.28. The molecular weight excluding hydrogens is 343 g/mol. The molecule has 27 heavy (non-hydrogen) atoms. The summed E-state index contributed by atoms with van der Waals surface area (Å²) in [6.07, 6.45) is 5.49. The van der Waals surface area contributed by atoms with Crippen molar-refractivity contribution in [3.05, 3.63) is 59.7 Å². The van der Waals surface area contributed by atoms with Crippen molar-refractivity contribution in [2.24, 2.45) is 0 Å². The van der Waals surface area contributed by atoms with Crippen LogP contribution in [0, 0.1) is 12.7 Å². The van der Waals surface area contributed by atoms with Gasteiger partial charge < -0.3 is 10.2 Å². The third-order valence-electron chi connectivity index (χ3n) is 4.93. The van der Waals surface area contributed by atoms with Crippen LogP contribution < -0.4 is 10.2 Å². The summed E-state index contributed by atoms with van der Waals surface area (Å²) >= 11 is 0. The number of hydrogen-bond donors (Lipinski definition) is 1. The van der Waals surface area contributed by atoms with E-state index in [1.165, 1.54) is 31.4 Å². The molecule has 0 saturated carbocycles. The summed E-state index contributed by atoms with van der Waals surface area (Å²) in [6, 6.07) is 9.89. The molecule has 1 amide bonds. The highest BCUT2D eigenvalue weighted by Gasteiger charge is 2.14. The van der Waals surface area contributed by atoms with Gasteiger partial charge >= 0.3 is 0 Å². The van der Waals surface area contributed by atoms with Crippen molar-refractivity contribution in [2.45, 2.75) is 26.2 Å². The predicted octanol–water partition coefficient (Wildman–Crippen LogP) is 4.32. The minimum absolute atomic E-state index is 0.274. The van der Waals surface area contributed by atoms with Gasteiger partial charge in [0, 0.05) is 24.5 Å². The number of piperidine rings is 1. The number of carbonyl (C=O) groups is 1. The van der Waals surface area contributed by atoms with Gasteiger partial charge in [0.05, 0.1) is 28.7 Å². The van der Waals surface area contributed by atoms with E-state index in [0.29, 0.717) is 22.6 Å². The van der Waals surface area contributed by atoms with Crippen LogP contribution in [0.1, 0.15) is 35.3 Å². The van der Waals surface area contributed by atoms with E-state index in [1.54, 1.807) is 25.3 Å². The molecule has 0 aliphatic carbocycles. The molecule has 1 fully saturated rings. The zero-order valence-corrected chi connectivity index (χ0v) is 15.2. The van der Waals surface area contributed by atoms with Crippen LogP contribution in [-0.4, -0.2) is 29.0 Å².